The van der Waals surface area contributed by atoms with Crippen molar-refractivity contribution < 1.29 is 1.37 Å². The molecule has 0 bridgehead atoms. The Morgan fingerprint density at radius 3 is 2.33 bits per heavy atom. The normalized spacial score (nSPS) is 12.4. The SMILES string of the molecule is [2H]C(=S)c1ccccc1C(C)(C)C. The fraction of sp³-hybridized carbons (Fsp3) is 0.364. The van der Waals surface area contributed by atoms with Crippen LogP contribution < -0.4 is 0 Å². The van der Waals surface area contributed by atoms with Crippen molar-refractivity contribution in [3.63, 3.8) is 0 Å². The highest BCUT2D eigenvalue weighted by molar-refractivity contribution is 7.79. The van der Waals surface area contributed by atoms with Crippen LogP contribution in [0.3, 0.4) is 0 Å². The molecule has 0 saturated heterocycles. The number of benzene rings is 1. The topological polar surface area (TPSA) is 0 Å². The van der Waals surface area contributed by atoms with Crippen molar-refractivity contribution >= 4 is 17.6 Å². The standard InChI is InChI=1S/C11H14S/c1-11(2,3)10-7-5-4-6-9(10)8-12/h4-8H,1-3H3/i8D. The zero-order chi connectivity index (χ0) is 10.1. The van der Waals surface area contributed by atoms with Gasteiger partial charge >= 0.3 is 0 Å². The van der Waals surface area contributed by atoms with Crippen LogP contribution in [0.1, 0.15) is 33.3 Å². The molecular formula is C11H14S. The van der Waals surface area contributed by atoms with E-state index in [-0.39, 0.29) is 10.8 Å². The summed E-state index contributed by atoms with van der Waals surface area (Å²) in [5, 5.41) is 0.227. The molecule has 1 rings (SSSR count). The van der Waals surface area contributed by atoms with E-state index in [1.807, 2.05) is 24.3 Å². The van der Waals surface area contributed by atoms with Crippen molar-refractivity contribution in [2.45, 2.75) is 26.2 Å². The molecule has 12 heavy (non-hydrogen) atoms. The van der Waals surface area contributed by atoms with Gasteiger partial charge in [-0.15, -0.1) is 0 Å². The monoisotopic (exact) mass is 179 g/mol. The van der Waals surface area contributed by atoms with Gasteiger partial charge in [0.15, 0.2) is 0 Å². The molecule has 0 spiro atoms. The molecule has 0 unspecified atom stereocenters. The third-order valence-corrected chi connectivity index (χ3v) is 2.06. The molecule has 0 heterocycles. The van der Waals surface area contributed by atoms with Crippen molar-refractivity contribution in [1.82, 2.24) is 0 Å². The lowest BCUT2D eigenvalue weighted by Gasteiger charge is -2.20. The van der Waals surface area contributed by atoms with E-state index in [0.717, 1.165) is 11.1 Å². The molecule has 0 aliphatic rings. The van der Waals surface area contributed by atoms with Gasteiger partial charge in [-0.2, -0.15) is 0 Å². The van der Waals surface area contributed by atoms with Crippen LogP contribution in [-0.4, -0.2) is 5.34 Å². The van der Waals surface area contributed by atoms with E-state index >= 15 is 0 Å². The number of hydrogen-bond acceptors (Lipinski definition) is 1. The number of thiocarbonyl (C=S) groups is 1. The molecule has 0 nitrogen and oxygen atoms in total. The minimum Gasteiger partial charge on any atom is -0.0881 e. The largest absolute Gasteiger partial charge is 0.0881 e. The van der Waals surface area contributed by atoms with Gasteiger partial charge in [0.2, 0.25) is 0 Å². The van der Waals surface area contributed by atoms with Crippen LogP contribution in [0.2, 0.25) is 0 Å². The van der Waals surface area contributed by atoms with Crippen molar-refractivity contribution in [2.75, 3.05) is 0 Å². The first kappa shape index (κ1) is 7.93. The maximum Gasteiger partial charge on any atom is 0.0755 e. The second-order valence-electron chi connectivity index (χ2n) is 3.90. The summed E-state index contributed by atoms with van der Waals surface area (Å²) in [6, 6.07) is 7.86. The molecule has 0 aliphatic carbocycles. The summed E-state index contributed by atoms with van der Waals surface area (Å²) in [5.41, 5.74) is 2.09. The minimum absolute atomic E-state index is 0.0572. The zero-order valence-corrected chi connectivity index (χ0v) is 8.53. The molecule has 1 aromatic rings. The Morgan fingerprint density at radius 1 is 1.33 bits per heavy atom. The quantitative estimate of drug-likeness (QED) is 0.596. The Labute approximate surface area is 81.0 Å². The summed E-state index contributed by atoms with van der Waals surface area (Å²) in [6.45, 7) is 6.39. The molecule has 0 aliphatic heterocycles. The smallest absolute Gasteiger partial charge is 0.0755 e. The average molecular weight is 179 g/mol. The Balaban J connectivity index is 3.28. The molecule has 1 heteroatoms. The van der Waals surface area contributed by atoms with E-state index in [9.17, 15) is 0 Å². The molecule has 0 N–H and O–H groups in total. The summed E-state index contributed by atoms with van der Waals surface area (Å²) in [5.74, 6) is 0. The molecule has 0 fully saturated rings. The highest BCUT2D eigenvalue weighted by Gasteiger charge is 2.15. The predicted octanol–water partition coefficient (Wildman–Crippen LogP) is 3.33. The number of hydrogen-bond donors (Lipinski definition) is 0. The molecule has 0 aromatic heterocycles. The maximum atomic E-state index is 7.47. The fourth-order valence-corrected chi connectivity index (χ4v) is 1.40. The van der Waals surface area contributed by atoms with Gasteiger partial charge in [-0.1, -0.05) is 57.3 Å². The third-order valence-electron chi connectivity index (χ3n) is 1.85. The van der Waals surface area contributed by atoms with Gasteiger partial charge in [-0.3, -0.25) is 0 Å². The van der Waals surface area contributed by atoms with Crippen LogP contribution in [-0.2, 0) is 5.41 Å². The van der Waals surface area contributed by atoms with Crippen molar-refractivity contribution in [2.24, 2.45) is 0 Å². The summed E-state index contributed by atoms with van der Waals surface area (Å²) in [6.07, 6.45) is 0. The minimum atomic E-state index is 0.0572. The van der Waals surface area contributed by atoms with Gasteiger partial charge in [-0.05, 0) is 16.5 Å². The summed E-state index contributed by atoms with van der Waals surface area (Å²) < 4.78 is 7.47. The lowest BCUT2D eigenvalue weighted by Crippen LogP contribution is -2.13. The highest BCUT2D eigenvalue weighted by atomic mass is 32.1. The third kappa shape index (κ3) is 1.92. The van der Waals surface area contributed by atoms with E-state index in [1.54, 1.807) is 0 Å². The first-order valence-corrected chi connectivity index (χ1v) is 4.44. The lowest BCUT2D eigenvalue weighted by molar-refractivity contribution is 0.589. The van der Waals surface area contributed by atoms with Crippen LogP contribution in [0.4, 0.5) is 0 Å². The van der Waals surface area contributed by atoms with Crippen molar-refractivity contribution in [3.8, 4) is 0 Å². The molecule has 0 atom stereocenters. The van der Waals surface area contributed by atoms with E-state index in [0.29, 0.717) is 0 Å². The lowest BCUT2D eigenvalue weighted by atomic mass is 9.84. The molecule has 0 radical (unpaired) electrons. The Bertz CT molecular complexity index is 323. The van der Waals surface area contributed by atoms with Gasteiger partial charge < -0.3 is 0 Å². The van der Waals surface area contributed by atoms with Gasteiger partial charge in [0.1, 0.15) is 0 Å². The molecule has 1 aromatic carbocycles. The van der Waals surface area contributed by atoms with Crippen LogP contribution in [0, 0.1) is 0 Å². The Hall–Kier alpha value is -0.690. The van der Waals surface area contributed by atoms with Gasteiger partial charge in [-0.25, -0.2) is 0 Å². The number of rotatable bonds is 1. The van der Waals surface area contributed by atoms with Crippen molar-refractivity contribution in [1.29, 1.82) is 0 Å². The molecule has 64 valence electrons. The fourth-order valence-electron chi connectivity index (χ4n) is 1.23. The van der Waals surface area contributed by atoms with Gasteiger partial charge in [0.05, 0.1) is 1.37 Å². The van der Waals surface area contributed by atoms with Crippen LogP contribution in [0.5, 0.6) is 0 Å². The van der Waals surface area contributed by atoms with E-state index in [2.05, 4.69) is 20.8 Å². The van der Waals surface area contributed by atoms with E-state index < -0.39 is 0 Å². The second-order valence-corrected chi connectivity index (χ2v) is 4.10. The Kier molecular flexibility index (Phi) is 2.22. The first-order valence-electron chi connectivity index (χ1n) is 4.53. The van der Waals surface area contributed by atoms with E-state index in [1.165, 1.54) is 0 Å². The molecular weight excluding hydrogens is 164 g/mol. The summed E-state index contributed by atoms with van der Waals surface area (Å²) >= 11 is 4.89. The highest BCUT2D eigenvalue weighted by Crippen LogP contribution is 2.24. The Morgan fingerprint density at radius 2 is 1.92 bits per heavy atom. The molecule has 0 amide bonds. The molecule has 0 saturated carbocycles. The second kappa shape index (κ2) is 3.36. The van der Waals surface area contributed by atoms with Crippen LogP contribution in [0.15, 0.2) is 24.3 Å². The summed E-state index contributed by atoms with van der Waals surface area (Å²) in [4.78, 5) is 0. The van der Waals surface area contributed by atoms with Crippen LogP contribution in [0.25, 0.3) is 0 Å². The average Bonchev–Trinajstić information content (AvgIpc) is 2.03. The van der Waals surface area contributed by atoms with E-state index in [4.69, 9.17) is 13.6 Å². The van der Waals surface area contributed by atoms with Gasteiger partial charge in [0.25, 0.3) is 0 Å². The zero-order valence-electron chi connectivity index (χ0n) is 8.72. The van der Waals surface area contributed by atoms with Gasteiger partial charge in [0, 0.05) is 5.34 Å². The van der Waals surface area contributed by atoms with Crippen LogP contribution >= 0.6 is 12.2 Å². The first-order chi connectivity index (χ1) is 5.93. The maximum absolute atomic E-state index is 7.47. The summed E-state index contributed by atoms with van der Waals surface area (Å²) in [7, 11) is 0. The predicted molar refractivity (Wildman–Crippen MR) is 57.9 cm³/mol. The van der Waals surface area contributed by atoms with Crippen molar-refractivity contribution in [3.05, 3.63) is 35.4 Å².